The summed E-state index contributed by atoms with van der Waals surface area (Å²) >= 11 is 3.25. The molecule has 0 aliphatic heterocycles. The van der Waals surface area contributed by atoms with Crippen LogP contribution in [0.2, 0.25) is 0 Å². The van der Waals surface area contributed by atoms with Crippen LogP contribution >= 0.6 is 15.9 Å². The number of methoxy groups -OCH3 is 1. The van der Waals surface area contributed by atoms with Crippen LogP contribution in [-0.4, -0.2) is 7.11 Å². The molecule has 2 N–H and O–H groups in total. The lowest BCUT2D eigenvalue weighted by Crippen LogP contribution is -2.14. The van der Waals surface area contributed by atoms with Crippen LogP contribution in [0.25, 0.3) is 0 Å². The first-order chi connectivity index (χ1) is 9.04. The van der Waals surface area contributed by atoms with Gasteiger partial charge in [0.05, 0.1) is 17.6 Å². The molecule has 0 heterocycles. The highest BCUT2D eigenvalue weighted by Crippen LogP contribution is 2.31. The molecule has 19 heavy (non-hydrogen) atoms. The number of hydrogen-bond acceptors (Lipinski definition) is 2. The molecule has 2 rings (SSSR count). The minimum atomic E-state index is -0.379. The number of rotatable bonds is 3. The van der Waals surface area contributed by atoms with Crippen molar-refractivity contribution in [3.63, 3.8) is 0 Å². The highest BCUT2D eigenvalue weighted by molar-refractivity contribution is 9.10. The van der Waals surface area contributed by atoms with Crippen molar-refractivity contribution in [3.05, 3.63) is 63.4 Å². The maximum atomic E-state index is 13.6. The molecular formula is C15H15BrFNO. The van der Waals surface area contributed by atoms with Crippen molar-refractivity contribution in [2.45, 2.75) is 13.0 Å². The molecule has 0 amide bonds. The summed E-state index contributed by atoms with van der Waals surface area (Å²) in [6.07, 6.45) is 0. The van der Waals surface area contributed by atoms with Crippen molar-refractivity contribution in [1.29, 1.82) is 0 Å². The number of benzene rings is 2. The third-order valence-electron chi connectivity index (χ3n) is 3.13. The maximum Gasteiger partial charge on any atom is 0.137 e. The largest absolute Gasteiger partial charge is 0.497 e. The van der Waals surface area contributed by atoms with Crippen LogP contribution in [0.15, 0.2) is 40.9 Å². The van der Waals surface area contributed by atoms with E-state index in [-0.39, 0.29) is 11.9 Å². The van der Waals surface area contributed by atoms with Gasteiger partial charge >= 0.3 is 0 Å². The summed E-state index contributed by atoms with van der Waals surface area (Å²) in [6, 6.07) is 10.2. The smallest absolute Gasteiger partial charge is 0.137 e. The molecule has 1 atom stereocenters. The molecule has 0 aliphatic rings. The highest BCUT2D eigenvalue weighted by atomic mass is 79.9. The molecule has 0 spiro atoms. The second-order valence-electron chi connectivity index (χ2n) is 4.34. The van der Waals surface area contributed by atoms with Gasteiger partial charge in [0.15, 0.2) is 0 Å². The van der Waals surface area contributed by atoms with Gasteiger partial charge in [-0.05, 0) is 57.7 Å². The van der Waals surface area contributed by atoms with Gasteiger partial charge in [-0.1, -0.05) is 18.2 Å². The van der Waals surface area contributed by atoms with Crippen molar-refractivity contribution in [2.24, 2.45) is 5.73 Å². The van der Waals surface area contributed by atoms with E-state index < -0.39 is 0 Å². The topological polar surface area (TPSA) is 35.2 Å². The Morgan fingerprint density at radius 2 is 1.95 bits per heavy atom. The Balaban J connectivity index is 2.44. The Kier molecular flexibility index (Phi) is 4.22. The minimum Gasteiger partial charge on any atom is -0.497 e. The van der Waals surface area contributed by atoms with E-state index in [2.05, 4.69) is 15.9 Å². The lowest BCUT2D eigenvalue weighted by atomic mass is 9.95. The van der Waals surface area contributed by atoms with Crippen molar-refractivity contribution in [1.82, 2.24) is 0 Å². The average molecular weight is 324 g/mol. The molecule has 1 unspecified atom stereocenters. The number of halogens is 2. The summed E-state index contributed by atoms with van der Waals surface area (Å²) in [5.41, 5.74) is 8.94. The summed E-state index contributed by atoms with van der Waals surface area (Å²) in [5, 5.41) is 0. The fraction of sp³-hybridized carbons (Fsp3) is 0.200. The first-order valence-corrected chi connectivity index (χ1v) is 6.68. The summed E-state index contributed by atoms with van der Waals surface area (Å²) in [4.78, 5) is 0. The summed E-state index contributed by atoms with van der Waals surface area (Å²) < 4.78 is 19.1. The van der Waals surface area contributed by atoms with Gasteiger partial charge in [-0.25, -0.2) is 4.39 Å². The van der Waals surface area contributed by atoms with E-state index in [0.29, 0.717) is 4.47 Å². The van der Waals surface area contributed by atoms with Gasteiger partial charge in [-0.3, -0.25) is 0 Å². The second-order valence-corrected chi connectivity index (χ2v) is 5.14. The molecule has 0 saturated heterocycles. The van der Waals surface area contributed by atoms with E-state index in [0.717, 1.165) is 22.4 Å². The molecule has 0 bridgehead atoms. The van der Waals surface area contributed by atoms with Crippen LogP contribution in [0.1, 0.15) is 22.7 Å². The summed E-state index contributed by atoms with van der Waals surface area (Å²) in [6.45, 7) is 1.96. The Morgan fingerprint density at radius 3 is 2.58 bits per heavy atom. The quantitative estimate of drug-likeness (QED) is 0.928. The lowest BCUT2D eigenvalue weighted by Gasteiger charge is -2.17. The van der Waals surface area contributed by atoms with Crippen molar-refractivity contribution in [2.75, 3.05) is 7.11 Å². The molecule has 100 valence electrons. The molecule has 0 fully saturated rings. The fourth-order valence-electron chi connectivity index (χ4n) is 2.05. The van der Waals surface area contributed by atoms with Crippen molar-refractivity contribution < 1.29 is 9.13 Å². The monoisotopic (exact) mass is 323 g/mol. The molecule has 0 radical (unpaired) electrons. The molecular weight excluding hydrogens is 309 g/mol. The molecule has 2 aromatic carbocycles. The SMILES string of the molecule is COc1ccc(C(N)c2cccc(F)c2Br)c(C)c1. The Hall–Kier alpha value is -1.39. The number of hydrogen-bond donors (Lipinski definition) is 1. The third kappa shape index (κ3) is 2.80. The number of aryl methyl sites for hydroxylation is 1. The van der Waals surface area contributed by atoms with Gasteiger partial charge < -0.3 is 10.5 Å². The van der Waals surface area contributed by atoms with Gasteiger partial charge in [0, 0.05) is 0 Å². The zero-order chi connectivity index (χ0) is 14.0. The van der Waals surface area contributed by atoms with Crippen LogP contribution < -0.4 is 10.5 Å². The van der Waals surface area contributed by atoms with E-state index in [1.54, 1.807) is 13.2 Å². The zero-order valence-electron chi connectivity index (χ0n) is 10.8. The zero-order valence-corrected chi connectivity index (χ0v) is 12.4. The Morgan fingerprint density at radius 1 is 1.21 bits per heavy atom. The number of nitrogens with two attached hydrogens (primary N) is 1. The van der Waals surface area contributed by atoms with Gasteiger partial charge in [-0.2, -0.15) is 0 Å². The van der Waals surface area contributed by atoms with Gasteiger partial charge in [0.1, 0.15) is 11.6 Å². The summed E-state index contributed by atoms with van der Waals surface area (Å²) in [5.74, 6) is 0.478. The van der Waals surface area contributed by atoms with E-state index >= 15 is 0 Å². The number of ether oxygens (including phenoxy) is 1. The van der Waals surface area contributed by atoms with E-state index in [1.165, 1.54) is 6.07 Å². The van der Waals surface area contributed by atoms with Gasteiger partial charge in [0.25, 0.3) is 0 Å². The van der Waals surface area contributed by atoms with Crippen molar-refractivity contribution >= 4 is 15.9 Å². The van der Waals surface area contributed by atoms with Crippen LogP contribution in [0.4, 0.5) is 4.39 Å². The predicted molar refractivity (Wildman–Crippen MR) is 77.9 cm³/mol. The second kappa shape index (κ2) is 5.72. The van der Waals surface area contributed by atoms with Crippen LogP contribution in [-0.2, 0) is 0 Å². The Bertz CT molecular complexity index is 601. The molecule has 2 nitrogen and oxygen atoms in total. The minimum absolute atomic E-state index is 0.306. The fourth-order valence-corrected chi connectivity index (χ4v) is 2.56. The van der Waals surface area contributed by atoms with E-state index in [9.17, 15) is 4.39 Å². The van der Waals surface area contributed by atoms with Crippen LogP contribution in [0.5, 0.6) is 5.75 Å². The normalized spacial score (nSPS) is 12.3. The Labute approximate surface area is 120 Å². The molecule has 0 aliphatic carbocycles. The maximum absolute atomic E-state index is 13.6. The van der Waals surface area contributed by atoms with E-state index in [1.807, 2.05) is 31.2 Å². The van der Waals surface area contributed by atoms with Crippen LogP contribution in [0, 0.1) is 12.7 Å². The average Bonchev–Trinajstić information content (AvgIpc) is 2.41. The third-order valence-corrected chi connectivity index (χ3v) is 3.97. The standard InChI is InChI=1S/C15H15BrFNO/c1-9-8-10(19-2)6-7-11(9)15(18)12-4-3-5-13(17)14(12)16/h3-8,15H,18H2,1-2H3. The molecule has 2 aromatic rings. The highest BCUT2D eigenvalue weighted by Gasteiger charge is 2.16. The van der Waals surface area contributed by atoms with E-state index in [4.69, 9.17) is 10.5 Å². The van der Waals surface area contributed by atoms with Crippen molar-refractivity contribution in [3.8, 4) is 5.75 Å². The molecule has 4 heteroatoms. The van der Waals surface area contributed by atoms with Gasteiger partial charge in [0.2, 0.25) is 0 Å². The van der Waals surface area contributed by atoms with Gasteiger partial charge in [-0.15, -0.1) is 0 Å². The van der Waals surface area contributed by atoms with Crippen LogP contribution in [0.3, 0.4) is 0 Å². The first kappa shape index (κ1) is 14.0. The first-order valence-electron chi connectivity index (χ1n) is 5.88. The molecule has 0 aromatic heterocycles. The molecule has 0 saturated carbocycles. The summed E-state index contributed by atoms with van der Waals surface area (Å²) in [7, 11) is 1.62. The lowest BCUT2D eigenvalue weighted by molar-refractivity contribution is 0.414. The predicted octanol–water partition coefficient (Wildman–Crippen LogP) is 3.95.